The SMILES string of the molecule is CC(C)[C@H](NC(=O)OCc1ccccc1)C(=O)C[C@H]1CCCCCCCNC(=O)C1=O. The normalized spacial score (nSPS) is 19.1. The molecule has 0 radical (unpaired) electrons. The van der Waals surface area contributed by atoms with E-state index in [1.807, 2.05) is 44.2 Å². The summed E-state index contributed by atoms with van der Waals surface area (Å²) in [6.07, 6.45) is 4.46. The average Bonchev–Trinajstić information content (AvgIpc) is 2.79. The van der Waals surface area contributed by atoms with Crippen LogP contribution in [0.1, 0.15) is 64.4 Å². The molecule has 1 fully saturated rings. The summed E-state index contributed by atoms with van der Waals surface area (Å²) in [5.74, 6) is -2.24. The number of hydrogen-bond acceptors (Lipinski definition) is 5. The van der Waals surface area contributed by atoms with Crippen molar-refractivity contribution < 1.29 is 23.9 Å². The molecule has 1 aromatic carbocycles. The van der Waals surface area contributed by atoms with Gasteiger partial charge < -0.3 is 15.4 Å². The third-order valence-corrected chi connectivity index (χ3v) is 5.56. The summed E-state index contributed by atoms with van der Waals surface area (Å²) >= 11 is 0. The van der Waals surface area contributed by atoms with Crippen LogP contribution in [-0.4, -0.2) is 36.2 Å². The number of amides is 2. The molecule has 1 heterocycles. The lowest BCUT2D eigenvalue weighted by Gasteiger charge is -2.23. The van der Waals surface area contributed by atoms with Crippen LogP contribution in [0.25, 0.3) is 0 Å². The van der Waals surface area contributed by atoms with Gasteiger partial charge in [0.1, 0.15) is 6.61 Å². The summed E-state index contributed by atoms with van der Waals surface area (Å²) in [6, 6.07) is 8.49. The highest BCUT2D eigenvalue weighted by Crippen LogP contribution is 2.20. The summed E-state index contributed by atoms with van der Waals surface area (Å²) < 4.78 is 5.23. The fourth-order valence-electron chi connectivity index (χ4n) is 3.73. The largest absolute Gasteiger partial charge is 0.445 e. The average molecular weight is 431 g/mol. The van der Waals surface area contributed by atoms with Crippen LogP contribution in [0.4, 0.5) is 4.79 Å². The molecule has 0 aliphatic carbocycles. The van der Waals surface area contributed by atoms with Crippen molar-refractivity contribution in [3.63, 3.8) is 0 Å². The maximum atomic E-state index is 13.0. The molecular weight excluding hydrogens is 396 g/mol. The van der Waals surface area contributed by atoms with Crippen molar-refractivity contribution in [2.45, 2.75) is 71.4 Å². The summed E-state index contributed by atoms with van der Waals surface area (Å²) in [7, 11) is 0. The van der Waals surface area contributed by atoms with Crippen LogP contribution in [0.2, 0.25) is 0 Å². The van der Waals surface area contributed by atoms with E-state index in [9.17, 15) is 19.2 Å². The van der Waals surface area contributed by atoms with E-state index in [1.54, 1.807) is 0 Å². The molecule has 1 saturated heterocycles. The second-order valence-corrected chi connectivity index (χ2v) is 8.47. The zero-order valence-corrected chi connectivity index (χ0v) is 18.5. The zero-order chi connectivity index (χ0) is 22.6. The van der Waals surface area contributed by atoms with Gasteiger partial charge in [-0.05, 0) is 24.3 Å². The van der Waals surface area contributed by atoms with Crippen molar-refractivity contribution in [1.82, 2.24) is 10.6 Å². The van der Waals surface area contributed by atoms with Crippen molar-refractivity contribution in [1.29, 1.82) is 0 Å². The molecule has 1 aliphatic rings. The Morgan fingerprint density at radius 1 is 1.06 bits per heavy atom. The molecule has 170 valence electrons. The van der Waals surface area contributed by atoms with Crippen LogP contribution < -0.4 is 10.6 Å². The van der Waals surface area contributed by atoms with Crippen molar-refractivity contribution in [2.24, 2.45) is 11.8 Å². The van der Waals surface area contributed by atoms with Crippen LogP contribution in [0.15, 0.2) is 30.3 Å². The van der Waals surface area contributed by atoms with Crippen molar-refractivity contribution in [2.75, 3.05) is 6.54 Å². The quantitative estimate of drug-likeness (QED) is 0.644. The minimum absolute atomic E-state index is 0.0614. The molecule has 0 saturated carbocycles. The Bertz CT molecular complexity index is 748. The van der Waals surface area contributed by atoms with E-state index in [2.05, 4.69) is 10.6 Å². The lowest BCUT2D eigenvalue weighted by Crippen LogP contribution is -2.46. The molecule has 1 aliphatic heterocycles. The third kappa shape index (κ3) is 8.52. The summed E-state index contributed by atoms with van der Waals surface area (Å²) in [5.41, 5.74) is 0.846. The first-order chi connectivity index (χ1) is 14.9. The molecule has 31 heavy (non-hydrogen) atoms. The molecule has 0 bridgehead atoms. The fraction of sp³-hybridized carbons (Fsp3) is 0.583. The van der Waals surface area contributed by atoms with Gasteiger partial charge in [-0.1, -0.05) is 69.9 Å². The van der Waals surface area contributed by atoms with Crippen molar-refractivity contribution in [3.8, 4) is 0 Å². The van der Waals surface area contributed by atoms with Gasteiger partial charge in [0.15, 0.2) is 5.78 Å². The van der Waals surface area contributed by atoms with Crippen LogP contribution >= 0.6 is 0 Å². The number of ketones is 2. The van der Waals surface area contributed by atoms with Crippen molar-refractivity contribution >= 4 is 23.6 Å². The Morgan fingerprint density at radius 3 is 2.45 bits per heavy atom. The van der Waals surface area contributed by atoms with E-state index < -0.39 is 29.7 Å². The minimum atomic E-state index is -0.780. The highest BCUT2D eigenvalue weighted by molar-refractivity contribution is 6.37. The van der Waals surface area contributed by atoms with Gasteiger partial charge in [-0.2, -0.15) is 0 Å². The second kappa shape index (κ2) is 12.9. The van der Waals surface area contributed by atoms with E-state index in [1.165, 1.54) is 0 Å². The molecule has 0 aromatic heterocycles. The predicted octanol–water partition coefficient (Wildman–Crippen LogP) is 3.55. The van der Waals surface area contributed by atoms with Gasteiger partial charge in [0.2, 0.25) is 5.78 Å². The molecule has 7 nitrogen and oxygen atoms in total. The van der Waals surface area contributed by atoms with Crippen LogP contribution in [-0.2, 0) is 25.7 Å². The topological polar surface area (TPSA) is 102 Å². The van der Waals surface area contributed by atoms with Crippen molar-refractivity contribution in [3.05, 3.63) is 35.9 Å². The Balaban J connectivity index is 1.97. The summed E-state index contributed by atoms with van der Waals surface area (Å²) in [4.78, 5) is 50.0. The molecule has 7 heteroatoms. The van der Waals surface area contributed by atoms with Gasteiger partial charge >= 0.3 is 6.09 Å². The first-order valence-electron chi connectivity index (χ1n) is 11.2. The molecule has 2 N–H and O–H groups in total. The van der Waals surface area contributed by atoms with Gasteiger partial charge in [-0.3, -0.25) is 14.4 Å². The monoisotopic (exact) mass is 430 g/mol. The number of carbonyl (C=O) groups excluding carboxylic acids is 4. The van der Waals surface area contributed by atoms with Gasteiger partial charge in [-0.25, -0.2) is 4.79 Å². The number of carbonyl (C=O) groups is 4. The first-order valence-corrected chi connectivity index (χ1v) is 11.2. The highest BCUT2D eigenvalue weighted by Gasteiger charge is 2.32. The van der Waals surface area contributed by atoms with E-state index in [4.69, 9.17) is 4.74 Å². The number of nitrogens with one attached hydrogen (secondary N) is 2. The number of benzene rings is 1. The standard InChI is InChI=1S/C24H34N2O5/c1-17(2)21(26-24(30)31-16-18-11-7-6-8-12-18)20(27)15-19-13-9-4-3-5-10-14-25-23(29)22(19)28/h6-8,11-12,17,19,21H,3-5,9-10,13-16H2,1-2H3,(H,25,29)(H,26,30)/t19-,21+/m1/s1. The Morgan fingerprint density at radius 2 is 1.74 bits per heavy atom. The molecule has 2 rings (SSSR count). The minimum Gasteiger partial charge on any atom is -0.445 e. The van der Waals surface area contributed by atoms with Crippen LogP contribution in [0.5, 0.6) is 0 Å². The smallest absolute Gasteiger partial charge is 0.408 e. The maximum absolute atomic E-state index is 13.0. The predicted molar refractivity (Wildman–Crippen MR) is 117 cm³/mol. The molecule has 2 atom stereocenters. The molecule has 1 aromatic rings. The highest BCUT2D eigenvalue weighted by atomic mass is 16.5. The number of Topliss-reactive ketones (excluding diaryl/α,β-unsaturated/α-hetero) is 2. The van der Waals surface area contributed by atoms with Gasteiger partial charge in [-0.15, -0.1) is 0 Å². The van der Waals surface area contributed by atoms with E-state index in [-0.39, 0.29) is 24.7 Å². The first kappa shape index (κ1) is 24.6. The van der Waals surface area contributed by atoms with Gasteiger partial charge in [0.05, 0.1) is 6.04 Å². The lowest BCUT2D eigenvalue weighted by atomic mass is 9.87. The number of rotatable bonds is 7. The van der Waals surface area contributed by atoms with Crippen LogP contribution in [0.3, 0.4) is 0 Å². The molecule has 2 amide bonds. The molecular formula is C24H34N2O5. The number of ether oxygens (including phenoxy) is 1. The van der Waals surface area contributed by atoms with Gasteiger partial charge in [0, 0.05) is 18.9 Å². The molecule has 0 unspecified atom stereocenters. The number of alkyl carbamates (subject to hydrolysis) is 1. The fourth-order valence-corrected chi connectivity index (χ4v) is 3.73. The summed E-state index contributed by atoms with van der Waals surface area (Å²) in [5, 5.41) is 5.30. The maximum Gasteiger partial charge on any atom is 0.408 e. The molecule has 0 spiro atoms. The van der Waals surface area contributed by atoms with E-state index in [0.29, 0.717) is 13.0 Å². The number of hydrogen-bond donors (Lipinski definition) is 2. The van der Waals surface area contributed by atoms with Crippen LogP contribution in [0, 0.1) is 11.8 Å². The third-order valence-electron chi connectivity index (χ3n) is 5.56. The Hall–Kier alpha value is -2.70. The van der Waals surface area contributed by atoms with E-state index >= 15 is 0 Å². The van der Waals surface area contributed by atoms with Gasteiger partial charge in [0.25, 0.3) is 5.91 Å². The Labute approximate surface area is 184 Å². The summed E-state index contributed by atoms with van der Waals surface area (Å²) in [6.45, 7) is 4.24. The van der Waals surface area contributed by atoms with E-state index in [0.717, 1.165) is 37.7 Å². The zero-order valence-electron chi connectivity index (χ0n) is 18.5. The second-order valence-electron chi connectivity index (χ2n) is 8.47. The Kier molecular flexibility index (Phi) is 10.2. The lowest BCUT2D eigenvalue weighted by molar-refractivity contribution is -0.141.